The number of alkyl halides is 3. The number of hydrogen-bond donors (Lipinski definition) is 3. The van der Waals surface area contributed by atoms with E-state index >= 15 is 0 Å². The number of amides is 1. The molecule has 1 heterocycles. The van der Waals surface area contributed by atoms with Gasteiger partial charge in [0.2, 0.25) is 0 Å². The third-order valence-corrected chi connectivity index (χ3v) is 5.31. The molecule has 1 aromatic heterocycles. The van der Waals surface area contributed by atoms with Gasteiger partial charge in [-0.05, 0) is 29.3 Å². The van der Waals surface area contributed by atoms with Gasteiger partial charge in [-0.25, -0.2) is 27.7 Å². The summed E-state index contributed by atoms with van der Waals surface area (Å²) < 4.78 is 59.5. The van der Waals surface area contributed by atoms with Crippen molar-refractivity contribution in [3.05, 3.63) is 97.8 Å². The molecule has 0 saturated carbocycles. The van der Waals surface area contributed by atoms with Crippen LogP contribution < -0.4 is 16.6 Å². The number of nitrogens with one attached hydrogen (secondary N) is 1. The van der Waals surface area contributed by atoms with Crippen molar-refractivity contribution in [1.82, 2.24) is 14.5 Å². The fourth-order valence-corrected chi connectivity index (χ4v) is 3.53. The number of benzene rings is 2. The first-order valence-electron chi connectivity index (χ1n) is 9.61. The molecule has 2 aromatic carbocycles. The number of hydrogen-bond acceptors (Lipinski definition) is 5. The molecule has 1 unspecified atom stereocenters. The Morgan fingerprint density at radius 1 is 1.03 bits per heavy atom. The number of carboxylic acids is 1. The molecule has 0 bridgehead atoms. The van der Waals surface area contributed by atoms with E-state index in [9.17, 15) is 41.7 Å². The molecule has 3 aromatic rings. The summed E-state index contributed by atoms with van der Waals surface area (Å²) in [7, 11) is 0. The van der Waals surface area contributed by atoms with E-state index < -0.39 is 57.3 Å². The molecule has 35 heavy (non-hydrogen) atoms. The van der Waals surface area contributed by atoms with Crippen molar-refractivity contribution >= 4 is 23.1 Å². The lowest BCUT2D eigenvalue weighted by Crippen LogP contribution is -2.46. The summed E-state index contributed by atoms with van der Waals surface area (Å²) in [6, 6.07) is 8.12. The fourth-order valence-electron chi connectivity index (χ4n) is 3.05. The van der Waals surface area contributed by atoms with Crippen LogP contribution in [0.1, 0.15) is 27.0 Å². The van der Waals surface area contributed by atoms with Gasteiger partial charge < -0.3 is 15.0 Å². The first-order valence-corrected chi connectivity index (χ1v) is 10.9. The molecule has 10 nitrogen and oxygen atoms in total. The average Bonchev–Trinajstić information content (AvgIpc) is 2.77. The second kappa shape index (κ2) is 10.1. The van der Waals surface area contributed by atoms with Crippen LogP contribution in [0.2, 0.25) is 0 Å². The number of aromatic nitrogens is 2. The highest BCUT2D eigenvalue weighted by Crippen LogP contribution is 2.29. The zero-order valence-corrected chi connectivity index (χ0v) is 18.3. The van der Waals surface area contributed by atoms with Crippen molar-refractivity contribution < 1.29 is 36.6 Å². The third kappa shape index (κ3) is 5.91. The second-order valence-corrected chi connectivity index (χ2v) is 8.06. The molecule has 0 spiro atoms. The summed E-state index contributed by atoms with van der Waals surface area (Å²) in [4.78, 5) is 49.6. The van der Waals surface area contributed by atoms with Gasteiger partial charge in [0.05, 0.1) is 17.0 Å². The topological polar surface area (TPSA) is 148 Å². The second-order valence-electron chi connectivity index (χ2n) is 7.13. The van der Waals surface area contributed by atoms with E-state index in [-0.39, 0.29) is 21.4 Å². The Bertz CT molecular complexity index is 1430. The van der Waals surface area contributed by atoms with Crippen LogP contribution in [0.5, 0.6) is 0 Å². The molecule has 3 rings (SSSR count). The molecule has 0 fully saturated rings. The van der Waals surface area contributed by atoms with E-state index in [1.807, 2.05) is 0 Å². The van der Waals surface area contributed by atoms with Crippen LogP contribution >= 0.6 is 0 Å². The predicted molar refractivity (Wildman–Crippen MR) is 117 cm³/mol. The number of rotatable bonds is 6. The van der Waals surface area contributed by atoms with Gasteiger partial charge >= 0.3 is 23.9 Å². The lowest BCUT2D eigenvalue weighted by atomic mass is 10.1. The van der Waals surface area contributed by atoms with Crippen molar-refractivity contribution in [2.75, 3.05) is 0 Å². The van der Waals surface area contributed by atoms with Crippen molar-refractivity contribution in [3.63, 3.8) is 0 Å². The van der Waals surface area contributed by atoms with Crippen LogP contribution in [0, 0.1) is 0 Å². The number of carboxylic acid groups (broad SMARTS) is 1. The molecule has 0 aliphatic rings. The van der Waals surface area contributed by atoms with Crippen molar-refractivity contribution in [1.29, 1.82) is 0 Å². The molecule has 0 saturated heterocycles. The standard InChI is InChI=1S/C21H16F3N3O7S/c22-21(23,24)14-2-1-3-15(8-14)27-17(28)16(18(29)30)10-26(20(27)32)19(31)25-9-12-4-6-13(7-5-12)11-35(33)34/h1-8,10H,9,11H2,(H,25,31)(H,29,30)(H,33,34). The molecule has 184 valence electrons. The SMILES string of the molecule is O=C(O)c1cn(C(=O)NCc2ccc(CS(=O)O)cc2)c(=O)n(-c2cccc(C(F)(F)F)c2)c1=O. The van der Waals surface area contributed by atoms with Gasteiger partial charge in [0.1, 0.15) is 5.56 Å². The summed E-state index contributed by atoms with van der Waals surface area (Å²) >= 11 is -2.04. The zero-order valence-electron chi connectivity index (χ0n) is 17.5. The molecule has 1 atom stereocenters. The van der Waals surface area contributed by atoms with E-state index in [0.29, 0.717) is 29.5 Å². The Kier molecular flexibility index (Phi) is 7.36. The predicted octanol–water partition coefficient (Wildman–Crippen LogP) is 2.20. The van der Waals surface area contributed by atoms with E-state index in [1.54, 1.807) is 0 Å². The summed E-state index contributed by atoms with van der Waals surface area (Å²) in [5, 5.41) is 11.7. The Morgan fingerprint density at radius 3 is 2.23 bits per heavy atom. The molecule has 0 radical (unpaired) electrons. The van der Waals surface area contributed by atoms with Crippen LogP contribution in [0.3, 0.4) is 0 Å². The third-order valence-electron chi connectivity index (χ3n) is 4.73. The van der Waals surface area contributed by atoms with E-state index in [1.165, 1.54) is 24.3 Å². The van der Waals surface area contributed by atoms with Crippen LogP contribution in [0.4, 0.5) is 18.0 Å². The summed E-state index contributed by atoms with van der Waals surface area (Å²) in [6.07, 6.45) is -4.31. The van der Waals surface area contributed by atoms with Gasteiger partial charge in [-0.3, -0.25) is 4.79 Å². The molecular weight excluding hydrogens is 495 g/mol. The van der Waals surface area contributed by atoms with Gasteiger partial charge in [0, 0.05) is 12.7 Å². The normalized spacial score (nSPS) is 12.2. The summed E-state index contributed by atoms with van der Waals surface area (Å²) in [5.74, 6) is -1.90. The largest absolute Gasteiger partial charge is 0.477 e. The maximum Gasteiger partial charge on any atom is 0.416 e. The minimum absolute atomic E-state index is 0.100. The Hall–Kier alpha value is -4.04. The van der Waals surface area contributed by atoms with E-state index in [4.69, 9.17) is 4.55 Å². The van der Waals surface area contributed by atoms with Crippen molar-refractivity contribution in [3.8, 4) is 5.69 Å². The van der Waals surface area contributed by atoms with Crippen LogP contribution in [-0.2, 0) is 29.6 Å². The molecular formula is C21H16F3N3O7S. The Labute approximate surface area is 196 Å². The molecule has 0 aliphatic carbocycles. The highest BCUT2D eigenvalue weighted by molar-refractivity contribution is 7.78. The average molecular weight is 511 g/mol. The maximum absolute atomic E-state index is 13.1. The number of nitrogens with zero attached hydrogens (tertiary/aromatic N) is 2. The Balaban J connectivity index is 1.98. The lowest BCUT2D eigenvalue weighted by molar-refractivity contribution is -0.137. The van der Waals surface area contributed by atoms with E-state index in [0.717, 1.165) is 12.1 Å². The van der Waals surface area contributed by atoms with Gasteiger partial charge in [-0.15, -0.1) is 0 Å². The fraction of sp³-hybridized carbons (Fsp3) is 0.143. The number of aromatic carboxylic acids is 1. The highest BCUT2D eigenvalue weighted by Gasteiger charge is 2.31. The van der Waals surface area contributed by atoms with Gasteiger partial charge in [-0.1, -0.05) is 30.3 Å². The quantitative estimate of drug-likeness (QED) is 0.430. The summed E-state index contributed by atoms with van der Waals surface area (Å²) in [5.41, 5.74) is -4.50. The number of halogens is 3. The first-order chi connectivity index (χ1) is 16.4. The maximum atomic E-state index is 13.1. The Morgan fingerprint density at radius 2 is 1.66 bits per heavy atom. The van der Waals surface area contributed by atoms with Gasteiger partial charge in [0.25, 0.3) is 5.56 Å². The summed E-state index contributed by atoms with van der Waals surface area (Å²) in [6.45, 7) is -0.154. The molecule has 1 amide bonds. The van der Waals surface area contributed by atoms with Crippen LogP contribution in [0.25, 0.3) is 5.69 Å². The molecule has 3 N–H and O–H groups in total. The smallest absolute Gasteiger partial charge is 0.416 e. The number of carbonyl (C=O) groups excluding carboxylic acids is 1. The van der Waals surface area contributed by atoms with Crippen LogP contribution in [-0.4, -0.2) is 35.0 Å². The number of carbonyl (C=O) groups is 2. The zero-order chi connectivity index (χ0) is 25.9. The van der Waals surface area contributed by atoms with E-state index in [2.05, 4.69) is 5.32 Å². The van der Waals surface area contributed by atoms with Crippen molar-refractivity contribution in [2.24, 2.45) is 0 Å². The minimum Gasteiger partial charge on any atom is -0.477 e. The monoisotopic (exact) mass is 511 g/mol. The lowest BCUT2D eigenvalue weighted by Gasteiger charge is -2.13. The highest BCUT2D eigenvalue weighted by atomic mass is 32.2. The van der Waals surface area contributed by atoms with Crippen LogP contribution in [0.15, 0.2) is 64.3 Å². The van der Waals surface area contributed by atoms with Gasteiger partial charge in [0.15, 0.2) is 11.1 Å². The first kappa shape index (κ1) is 25.6. The minimum atomic E-state index is -4.80. The molecule has 14 heteroatoms. The molecule has 0 aliphatic heterocycles. The van der Waals surface area contributed by atoms with Crippen molar-refractivity contribution in [2.45, 2.75) is 18.5 Å². The van der Waals surface area contributed by atoms with Gasteiger partial charge in [-0.2, -0.15) is 13.2 Å².